The van der Waals surface area contributed by atoms with Gasteiger partial charge in [-0.1, -0.05) is 40.2 Å². The lowest BCUT2D eigenvalue weighted by atomic mass is 10.1. The lowest BCUT2D eigenvalue weighted by Gasteiger charge is -2.23. The van der Waals surface area contributed by atoms with Gasteiger partial charge < -0.3 is 4.42 Å². The Morgan fingerprint density at radius 2 is 2.14 bits per heavy atom. The molecule has 1 aliphatic rings. The maximum Gasteiger partial charge on any atom is 0.257 e. The van der Waals surface area contributed by atoms with Crippen LogP contribution >= 0.6 is 27.3 Å². The van der Waals surface area contributed by atoms with E-state index in [-0.39, 0.29) is 18.5 Å². The Hall–Kier alpha value is -2.22. The summed E-state index contributed by atoms with van der Waals surface area (Å²) in [6, 6.07) is 15.6. The summed E-state index contributed by atoms with van der Waals surface area (Å²) in [5.41, 5.74) is 2.07. The van der Waals surface area contributed by atoms with Crippen molar-refractivity contribution in [2.75, 3.05) is 13.6 Å². The molecule has 1 atom stereocenters. The van der Waals surface area contributed by atoms with Crippen LogP contribution < -0.4 is 0 Å². The average molecular weight is 458 g/mol. The summed E-state index contributed by atoms with van der Waals surface area (Å²) in [6.45, 7) is 0.952. The maximum absolute atomic E-state index is 13.1. The maximum atomic E-state index is 13.1. The van der Waals surface area contributed by atoms with E-state index in [4.69, 9.17) is 4.42 Å². The number of furan rings is 1. The molecule has 1 amide bonds. The van der Waals surface area contributed by atoms with E-state index in [9.17, 15) is 4.79 Å². The third-order valence-electron chi connectivity index (χ3n) is 4.65. The molecule has 2 aromatic heterocycles. The topological polar surface area (TPSA) is 49.1 Å². The van der Waals surface area contributed by atoms with Gasteiger partial charge in [0, 0.05) is 17.4 Å². The zero-order chi connectivity index (χ0) is 19.5. The van der Waals surface area contributed by atoms with Crippen LogP contribution in [0.15, 0.2) is 74.2 Å². The SMILES string of the molecule is CN(CC(=O)N1N=C(c2cccs2)CC1c1ccco1)Cc1ccccc1Br. The first-order chi connectivity index (χ1) is 13.6. The van der Waals surface area contributed by atoms with Crippen LogP contribution in [0, 0.1) is 0 Å². The fraction of sp³-hybridized carbons (Fsp3) is 0.238. The van der Waals surface area contributed by atoms with Crippen LogP contribution in [-0.4, -0.2) is 35.1 Å². The predicted octanol–water partition coefficient (Wildman–Crippen LogP) is 4.91. The number of rotatable bonds is 6. The van der Waals surface area contributed by atoms with Gasteiger partial charge >= 0.3 is 0 Å². The Bertz CT molecular complexity index is 969. The molecule has 4 rings (SSSR count). The summed E-state index contributed by atoms with van der Waals surface area (Å²) in [4.78, 5) is 16.2. The van der Waals surface area contributed by atoms with Crippen molar-refractivity contribution in [2.24, 2.45) is 5.10 Å². The Kier molecular flexibility index (Phi) is 5.75. The van der Waals surface area contributed by atoms with Gasteiger partial charge in [-0.2, -0.15) is 5.10 Å². The molecule has 0 spiro atoms. The minimum Gasteiger partial charge on any atom is -0.467 e. The third kappa shape index (κ3) is 4.11. The van der Waals surface area contributed by atoms with E-state index >= 15 is 0 Å². The van der Waals surface area contributed by atoms with E-state index in [1.165, 1.54) is 0 Å². The number of nitrogens with zero attached hydrogens (tertiary/aromatic N) is 3. The molecule has 3 heterocycles. The quantitative estimate of drug-likeness (QED) is 0.527. The van der Waals surface area contributed by atoms with Crippen molar-refractivity contribution in [3.8, 4) is 0 Å². The van der Waals surface area contributed by atoms with E-state index in [1.807, 2.05) is 59.8 Å². The molecule has 5 nitrogen and oxygen atoms in total. The van der Waals surface area contributed by atoms with E-state index in [0.29, 0.717) is 13.0 Å². The fourth-order valence-corrected chi connectivity index (χ4v) is 4.44. The minimum absolute atomic E-state index is 0.0393. The van der Waals surface area contributed by atoms with E-state index < -0.39 is 0 Å². The molecule has 7 heteroatoms. The molecule has 28 heavy (non-hydrogen) atoms. The molecule has 1 unspecified atom stereocenters. The second-order valence-electron chi connectivity index (χ2n) is 6.76. The monoisotopic (exact) mass is 457 g/mol. The lowest BCUT2D eigenvalue weighted by Crippen LogP contribution is -2.36. The number of hydrazone groups is 1. The Morgan fingerprint density at radius 3 is 2.86 bits per heavy atom. The highest BCUT2D eigenvalue weighted by atomic mass is 79.9. The first kappa shape index (κ1) is 19.1. The highest BCUT2D eigenvalue weighted by Crippen LogP contribution is 2.34. The molecule has 1 aliphatic heterocycles. The molecule has 3 aromatic rings. The molecule has 0 saturated carbocycles. The summed E-state index contributed by atoms with van der Waals surface area (Å²) in [7, 11) is 1.94. The number of hydrogen-bond acceptors (Lipinski definition) is 5. The van der Waals surface area contributed by atoms with Crippen molar-refractivity contribution >= 4 is 38.9 Å². The highest BCUT2D eigenvalue weighted by Gasteiger charge is 2.35. The number of hydrogen-bond donors (Lipinski definition) is 0. The van der Waals surface area contributed by atoms with Crippen molar-refractivity contribution < 1.29 is 9.21 Å². The molecule has 0 aliphatic carbocycles. The molecule has 144 valence electrons. The van der Waals surface area contributed by atoms with E-state index in [1.54, 1.807) is 22.6 Å². The molecular weight excluding hydrogens is 438 g/mol. The molecule has 0 bridgehead atoms. The number of amides is 1. The molecule has 0 radical (unpaired) electrons. The van der Waals surface area contributed by atoms with Crippen LogP contribution in [0.5, 0.6) is 0 Å². The van der Waals surface area contributed by atoms with Crippen LogP contribution in [0.4, 0.5) is 0 Å². The van der Waals surface area contributed by atoms with Gasteiger partial charge in [0.15, 0.2) is 0 Å². The average Bonchev–Trinajstić information content (AvgIpc) is 3.43. The summed E-state index contributed by atoms with van der Waals surface area (Å²) in [6.07, 6.45) is 2.30. The summed E-state index contributed by atoms with van der Waals surface area (Å²) < 4.78 is 6.64. The smallest absolute Gasteiger partial charge is 0.257 e. The van der Waals surface area contributed by atoms with Crippen molar-refractivity contribution in [3.05, 3.63) is 80.8 Å². The van der Waals surface area contributed by atoms with Gasteiger partial charge in [-0.3, -0.25) is 9.69 Å². The van der Waals surface area contributed by atoms with E-state index in [0.717, 1.165) is 26.4 Å². The number of likely N-dealkylation sites (N-methyl/N-ethyl adjacent to an activating group) is 1. The molecular formula is C21H20BrN3O2S. The molecule has 0 saturated heterocycles. The second kappa shape index (κ2) is 8.43. The van der Waals surface area contributed by atoms with Gasteiger partial charge in [-0.15, -0.1) is 11.3 Å². The lowest BCUT2D eigenvalue weighted by molar-refractivity contribution is -0.134. The highest BCUT2D eigenvalue weighted by molar-refractivity contribution is 9.10. The molecule has 0 N–H and O–H groups in total. The van der Waals surface area contributed by atoms with Gasteiger partial charge in [0.05, 0.1) is 23.4 Å². The minimum atomic E-state index is -0.198. The largest absolute Gasteiger partial charge is 0.467 e. The Balaban J connectivity index is 1.50. The van der Waals surface area contributed by atoms with Crippen LogP contribution in [-0.2, 0) is 11.3 Å². The van der Waals surface area contributed by atoms with Gasteiger partial charge in [-0.05, 0) is 42.3 Å². The van der Waals surface area contributed by atoms with Gasteiger partial charge in [0.2, 0.25) is 0 Å². The van der Waals surface area contributed by atoms with Crippen molar-refractivity contribution in [1.82, 2.24) is 9.91 Å². The molecule has 1 aromatic carbocycles. The zero-order valence-electron chi connectivity index (χ0n) is 15.4. The third-order valence-corrected chi connectivity index (χ3v) is 6.34. The number of carbonyl (C=O) groups is 1. The number of halogens is 1. The first-order valence-electron chi connectivity index (χ1n) is 9.00. The predicted molar refractivity (Wildman–Crippen MR) is 114 cm³/mol. The first-order valence-corrected chi connectivity index (χ1v) is 10.7. The van der Waals surface area contributed by atoms with Gasteiger partial charge in [0.1, 0.15) is 11.8 Å². The van der Waals surface area contributed by atoms with Crippen LogP contribution in [0.25, 0.3) is 0 Å². The number of carbonyl (C=O) groups excluding carboxylic acids is 1. The van der Waals surface area contributed by atoms with E-state index in [2.05, 4.69) is 27.1 Å². The summed E-state index contributed by atoms with van der Waals surface area (Å²) in [5, 5.41) is 8.27. The van der Waals surface area contributed by atoms with Gasteiger partial charge in [0.25, 0.3) is 5.91 Å². The van der Waals surface area contributed by atoms with Crippen LogP contribution in [0.2, 0.25) is 0 Å². The van der Waals surface area contributed by atoms with Crippen molar-refractivity contribution in [3.63, 3.8) is 0 Å². The Labute approximate surface area is 176 Å². The second-order valence-corrected chi connectivity index (χ2v) is 8.56. The van der Waals surface area contributed by atoms with Crippen molar-refractivity contribution in [2.45, 2.75) is 19.0 Å². The summed E-state index contributed by atoms with van der Waals surface area (Å²) >= 11 is 5.20. The normalized spacial score (nSPS) is 16.6. The standard InChI is InChI=1S/C21H20BrN3O2S/c1-24(13-15-6-2-3-7-16(15)22)14-21(26)25-18(19-8-4-10-27-19)12-17(23-25)20-9-5-11-28-20/h2-11,18H,12-14H2,1H3. The van der Waals surface area contributed by atoms with Crippen molar-refractivity contribution in [1.29, 1.82) is 0 Å². The van der Waals surface area contributed by atoms with Crippen LogP contribution in [0.1, 0.15) is 28.7 Å². The Morgan fingerprint density at radius 1 is 1.29 bits per heavy atom. The zero-order valence-corrected chi connectivity index (χ0v) is 17.8. The molecule has 0 fully saturated rings. The fourth-order valence-electron chi connectivity index (χ4n) is 3.31. The summed E-state index contributed by atoms with van der Waals surface area (Å²) in [5.74, 6) is 0.722. The number of thiophene rings is 1. The van der Waals surface area contributed by atoms with Crippen LogP contribution in [0.3, 0.4) is 0 Å². The van der Waals surface area contributed by atoms with Gasteiger partial charge in [-0.25, -0.2) is 5.01 Å². The number of benzene rings is 1.